The van der Waals surface area contributed by atoms with Gasteiger partial charge in [-0.15, -0.1) is 0 Å². The van der Waals surface area contributed by atoms with Gasteiger partial charge < -0.3 is 14.0 Å². The van der Waals surface area contributed by atoms with Crippen LogP contribution in [0.3, 0.4) is 0 Å². The van der Waals surface area contributed by atoms with Crippen LogP contribution in [0.2, 0.25) is 0 Å². The highest BCUT2D eigenvalue weighted by molar-refractivity contribution is 8.18. The van der Waals surface area contributed by atoms with Crippen LogP contribution in [-0.2, 0) is 20.9 Å². The van der Waals surface area contributed by atoms with Crippen molar-refractivity contribution in [3.8, 4) is 11.4 Å². The molecule has 2 amide bonds. The number of nitrogens with zero attached hydrogens (tertiary/aromatic N) is 2. The van der Waals surface area contributed by atoms with Crippen LogP contribution in [0.25, 0.3) is 11.8 Å². The molecule has 0 N–H and O–H groups in total. The third-order valence-corrected chi connectivity index (χ3v) is 6.50. The molecule has 7 nitrogen and oxygen atoms in total. The van der Waals surface area contributed by atoms with Crippen molar-refractivity contribution in [2.45, 2.75) is 20.5 Å². The van der Waals surface area contributed by atoms with E-state index >= 15 is 0 Å². The number of ether oxygens (including phenoxy) is 2. The van der Waals surface area contributed by atoms with E-state index in [0.717, 1.165) is 39.3 Å². The third kappa shape index (κ3) is 5.14. The molecule has 35 heavy (non-hydrogen) atoms. The number of amides is 2. The van der Waals surface area contributed by atoms with Crippen molar-refractivity contribution < 1.29 is 28.2 Å². The number of hydrogen-bond donors (Lipinski definition) is 0. The number of aryl methyl sites for hydroxylation is 1. The van der Waals surface area contributed by atoms with Gasteiger partial charge in [-0.3, -0.25) is 19.3 Å². The zero-order valence-electron chi connectivity index (χ0n) is 19.4. The second kappa shape index (κ2) is 10.2. The number of hydrogen-bond acceptors (Lipinski definition) is 6. The number of carbonyl (C=O) groups excluding carboxylic acids is 3. The number of aromatic nitrogens is 1. The van der Waals surface area contributed by atoms with Crippen molar-refractivity contribution in [1.29, 1.82) is 0 Å². The fourth-order valence-electron chi connectivity index (χ4n) is 3.77. The molecule has 3 aromatic rings. The summed E-state index contributed by atoms with van der Waals surface area (Å²) in [5.74, 6) is -0.878. The van der Waals surface area contributed by atoms with Crippen LogP contribution in [0.4, 0.5) is 9.18 Å². The number of rotatable bonds is 7. The first-order valence-electron chi connectivity index (χ1n) is 10.8. The monoisotopic (exact) mass is 494 g/mol. The maximum Gasteiger partial charge on any atom is 0.325 e. The molecule has 1 fully saturated rings. The fourth-order valence-corrected chi connectivity index (χ4v) is 4.60. The normalized spacial score (nSPS) is 14.6. The summed E-state index contributed by atoms with van der Waals surface area (Å²) < 4.78 is 26.1. The van der Waals surface area contributed by atoms with Crippen molar-refractivity contribution in [3.63, 3.8) is 0 Å². The van der Waals surface area contributed by atoms with Gasteiger partial charge in [0.15, 0.2) is 0 Å². The zero-order valence-corrected chi connectivity index (χ0v) is 20.2. The summed E-state index contributed by atoms with van der Waals surface area (Å²) in [5.41, 5.74) is 3.96. The molecular weight excluding hydrogens is 471 g/mol. The Morgan fingerprint density at radius 3 is 2.49 bits per heavy atom. The van der Waals surface area contributed by atoms with Crippen LogP contribution in [0.15, 0.2) is 59.5 Å². The Bertz CT molecular complexity index is 1330. The van der Waals surface area contributed by atoms with E-state index in [2.05, 4.69) is 4.74 Å². The summed E-state index contributed by atoms with van der Waals surface area (Å²) in [5, 5.41) is -0.508. The Morgan fingerprint density at radius 1 is 1.09 bits per heavy atom. The summed E-state index contributed by atoms with van der Waals surface area (Å²) in [6.45, 7) is 3.57. The molecule has 0 atom stereocenters. The minimum Gasteiger partial charge on any atom is -0.489 e. The minimum atomic E-state index is -0.659. The third-order valence-electron chi connectivity index (χ3n) is 5.59. The van der Waals surface area contributed by atoms with E-state index < -0.39 is 23.7 Å². The van der Waals surface area contributed by atoms with Crippen LogP contribution in [0, 0.1) is 19.7 Å². The van der Waals surface area contributed by atoms with Crippen molar-refractivity contribution in [3.05, 3.63) is 87.8 Å². The topological polar surface area (TPSA) is 77.8 Å². The predicted octanol–water partition coefficient (Wildman–Crippen LogP) is 5.02. The largest absolute Gasteiger partial charge is 0.489 e. The van der Waals surface area contributed by atoms with Crippen LogP contribution < -0.4 is 4.74 Å². The van der Waals surface area contributed by atoms with Gasteiger partial charge in [0.05, 0.1) is 12.0 Å². The molecule has 180 valence electrons. The Hall–Kier alpha value is -3.85. The highest BCUT2D eigenvalue weighted by Crippen LogP contribution is 2.34. The Labute approximate surface area is 206 Å². The Morgan fingerprint density at radius 2 is 1.80 bits per heavy atom. The van der Waals surface area contributed by atoms with E-state index in [0.29, 0.717) is 11.3 Å². The second-order valence-electron chi connectivity index (χ2n) is 7.88. The van der Waals surface area contributed by atoms with Gasteiger partial charge in [-0.25, -0.2) is 4.39 Å². The smallest absolute Gasteiger partial charge is 0.325 e. The van der Waals surface area contributed by atoms with Gasteiger partial charge >= 0.3 is 5.97 Å². The van der Waals surface area contributed by atoms with E-state index in [1.165, 1.54) is 13.2 Å². The van der Waals surface area contributed by atoms with Crippen LogP contribution in [-0.4, -0.2) is 40.2 Å². The quantitative estimate of drug-likeness (QED) is 0.339. The molecule has 1 aromatic heterocycles. The van der Waals surface area contributed by atoms with Gasteiger partial charge in [0.1, 0.15) is 24.7 Å². The average Bonchev–Trinajstić information content (AvgIpc) is 3.27. The summed E-state index contributed by atoms with van der Waals surface area (Å²) in [6, 6.07) is 15.8. The lowest BCUT2D eigenvalue weighted by Gasteiger charge is -2.12. The number of halogens is 1. The van der Waals surface area contributed by atoms with Crippen molar-refractivity contribution in [1.82, 2.24) is 9.47 Å². The summed E-state index contributed by atoms with van der Waals surface area (Å²) in [7, 11) is 1.20. The molecule has 0 saturated carbocycles. The molecule has 0 aliphatic carbocycles. The van der Waals surface area contributed by atoms with Crippen LogP contribution in [0.1, 0.15) is 22.5 Å². The standard InChI is InChI=1S/C26H23FN2O5S/c1-16-12-19(13-23-25(31)28(26(32)35-23)14-24(30)33-3)17(2)29(16)20-8-10-21(11-9-20)34-15-18-6-4-5-7-22(18)27/h4-13H,14-15H2,1-3H3. The SMILES string of the molecule is COC(=O)CN1C(=O)SC(=Cc2cc(C)n(-c3ccc(OCc4ccccc4F)cc3)c2C)C1=O. The van der Waals surface area contributed by atoms with Crippen molar-refractivity contribution in [2.75, 3.05) is 13.7 Å². The maximum atomic E-state index is 13.8. The van der Waals surface area contributed by atoms with E-state index in [4.69, 9.17) is 4.74 Å². The van der Waals surface area contributed by atoms with Crippen LogP contribution >= 0.6 is 11.8 Å². The number of benzene rings is 2. The van der Waals surface area contributed by atoms with Gasteiger partial charge in [-0.2, -0.15) is 0 Å². The summed E-state index contributed by atoms with van der Waals surface area (Å²) in [4.78, 5) is 37.5. The van der Waals surface area contributed by atoms with E-state index in [-0.39, 0.29) is 17.3 Å². The molecule has 9 heteroatoms. The number of imide groups is 1. The van der Waals surface area contributed by atoms with Crippen molar-refractivity contribution in [2.24, 2.45) is 0 Å². The Kier molecular flexibility index (Phi) is 7.07. The zero-order chi connectivity index (χ0) is 25.1. The van der Waals surface area contributed by atoms with E-state index in [9.17, 15) is 18.8 Å². The molecule has 2 aromatic carbocycles. The lowest BCUT2D eigenvalue weighted by Crippen LogP contribution is -2.34. The highest BCUT2D eigenvalue weighted by atomic mass is 32.2. The molecular formula is C26H23FN2O5S. The number of thioether (sulfide) groups is 1. The lowest BCUT2D eigenvalue weighted by molar-refractivity contribution is -0.143. The lowest BCUT2D eigenvalue weighted by atomic mass is 10.2. The fraction of sp³-hybridized carbons (Fsp3) is 0.192. The minimum absolute atomic E-state index is 0.128. The molecule has 1 saturated heterocycles. The molecule has 4 rings (SSSR count). The Balaban J connectivity index is 1.52. The van der Waals surface area contributed by atoms with E-state index in [1.807, 2.05) is 48.7 Å². The molecule has 0 bridgehead atoms. The van der Waals surface area contributed by atoms with Gasteiger partial charge in [0.2, 0.25) is 0 Å². The molecule has 1 aliphatic rings. The highest BCUT2D eigenvalue weighted by Gasteiger charge is 2.36. The number of carbonyl (C=O) groups is 3. The first-order valence-corrected chi connectivity index (χ1v) is 11.6. The van der Waals surface area contributed by atoms with Gasteiger partial charge in [0, 0.05) is 22.6 Å². The number of esters is 1. The van der Waals surface area contributed by atoms with Gasteiger partial charge in [-0.05, 0) is 73.6 Å². The first-order chi connectivity index (χ1) is 16.8. The molecule has 2 heterocycles. The summed E-state index contributed by atoms with van der Waals surface area (Å²) in [6.07, 6.45) is 1.66. The molecule has 1 aliphatic heterocycles. The van der Waals surface area contributed by atoms with Gasteiger partial charge in [-0.1, -0.05) is 18.2 Å². The maximum absolute atomic E-state index is 13.8. The van der Waals surface area contributed by atoms with E-state index in [1.54, 1.807) is 24.3 Å². The predicted molar refractivity (Wildman–Crippen MR) is 131 cm³/mol. The van der Waals surface area contributed by atoms with Crippen molar-refractivity contribution >= 4 is 35.0 Å². The second-order valence-corrected chi connectivity index (χ2v) is 8.87. The van der Waals surface area contributed by atoms with Crippen LogP contribution in [0.5, 0.6) is 5.75 Å². The molecule has 0 radical (unpaired) electrons. The average molecular weight is 495 g/mol. The molecule has 0 spiro atoms. The first kappa shape index (κ1) is 24.3. The summed E-state index contributed by atoms with van der Waals surface area (Å²) >= 11 is 0.794. The van der Waals surface area contributed by atoms with Gasteiger partial charge in [0.25, 0.3) is 11.1 Å². The number of methoxy groups -OCH3 is 1. The molecule has 0 unspecified atom stereocenters.